The fourth-order valence-electron chi connectivity index (χ4n) is 0.640. The molecule has 0 atom stereocenters. The molecule has 0 spiro atoms. The Balaban J connectivity index is 2.53. The molecule has 0 saturated heterocycles. The van der Waals surface area contributed by atoms with E-state index in [9.17, 15) is 4.79 Å². The summed E-state index contributed by atoms with van der Waals surface area (Å²) in [4.78, 5) is 18.3. The van der Waals surface area contributed by atoms with Crippen molar-refractivity contribution in [2.75, 3.05) is 6.61 Å². The lowest BCUT2D eigenvalue weighted by atomic mass is 10.5. The van der Waals surface area contributed by atoms with Gasteiger partial charge in [0, 0.05) is 0 Å². The quantitative estimate of drug-likeness (QED) is 0.665. The highest BCUT2D eigenvalue weighted by Gasteiger charge is 1.96. The van der Waals surface area contributed by atoms with E-state index in [0.29, 0.717) is 11.6 Å². The molecule has 0 aromatic carbocycles. The van der Waals surface area contributed by atoms with Crippen LogP contribution in [0.15, 0.2) is 12.4 Å². The third kappa shape index (κ3) is 2.65. The first-order valence-corrected chi connectivity index (χ1v) is 3.59. The number of ether oxygens (including phenoxy) is 1. The molecule has 0 aliphatic rings. The van der Waals surface area contributed by atoms with Crippen molar-refractivity contribution in [3.63, 3.8) is 0 Å². The summed E-state index contributed by atoms with van der Waals surface area (Å²) in [7, 11) is 0. The van der Waals surface area contributed by atoms with Gasteiger partial charge in [-0.1, -0.05) is 0 Å². The average molecular weight is 166 g/mol. The summed E-state index contributed by atoms with van der Waals surface area (Å²) in [5, 5.41) is 0. The van der Waals surface area contributed by atoms with Gasteiger partial charge in [0.05, 0.1) is 12.4 Å². The van der Waals surface area contributed by atoms with Gasteiger partial charge >= 0.3 is 0 Å². The van der Waals surface area contributed by atoms with Crippen LogP contribution in [0.4, 0.5) is 0 Å². The number of hydrogen-bond donors (Lipinski definition) is 0. The molecule has 1 aromatic heterocycles. The van der Waals surface area contributed by atoms with E-state index in [-0.39, 0.29) is 12.4 Å². The number of rotatable bonds is 3. The summed E-state index contributed by atoms with van der Waals surface area (Å²) in [6.45, 7) is 3.33. The second kappa shape index (κ2) is 3.80. The van der Waals surface area contributed by atoms with E-state index in [1.807, 2.05) is 0 Å². The van der Waals surface area contributed by atoms with Gasteiger partial charge in [-0.15, -0.1) is 0 Å². The smallest absolute Gasteiger partial charge is 0.167 e. The number of carbonyl (C=O) groups excluding carboxylic acids is 1. The molecule has 4 heteroatoms. The fraction of sp³-hybridized carbons (Fsp3) is 0.375. The third-order valence-electron chi connectivity index (χ3n) is 1.20. The summed E-state index contributed by atoms with van der Waals surface area (Å²) in [5.74, 6) is 1.19. The first-order chi connectivity index (χ1) is 5.68. The van der Waals surface area contributed by atoms with E-state index in [1.54, 1.807) is 19.3 Å². The van der Waals surface area contributed by atoms with Crippen LogP contribution in [0.5, 0.6) is 5.75 Å². The highest BCUT2D eigenvalue weighted by molar-refractivity contribution is 5.77. The minimum atomic E-state index is -0.0180. The second-order valence-corrected chi connectivity index (χ2v) is 2.46. The zero-order chi connectivity index (χ0) is 8.97. The summed E-state index contributed by atoms with van der Waals surface area (Å²) in [6, 6.07) is 0. The van der Waals surface area contributed by atoms with Crippen molar-refractivity contribution in [1.82, 2.24) is 9.97 Å². The molecule has 0 N–H and O–H groups in total. The first kappa shape index (κ1) is 8.64. The lowest BCUT2D eigenvalue weighted by molar-refractivity contribution is -0.118. The average Bonchev–Trinajstić information content (AvgIpc) is 2.03. The summed E-state index contributed by atoms with van der Waals surface area (Å²) in [5.41, 5.74) is 0. The SMILES string of the molecule is CC(=O)COc1cnc(C)nc1. The van der Waals surface area contributed by atoms with Gasteiger partial charge in [0.2, 0.25) is 0 Å². The summed E-state index contributed by atoms with van der Waals surface area (Å²) < 4.78 is 5.05. The van der Waals surface area contributed by atoms with Gasteiger partial charge < -0.3 is 4.74 Å². The van der Waals surface area contributed by atoms with E-state index in [0.717, 1.165) is 0 Å². The van der Waals surface area contributed by atoms with Crippen LogP contribution in [0, 0.1) is 6.92 Å². The van der Waals surface area contributed by atoms with Crippen LogP contribution in [0.2, 0.25) is 0 Å². The monoisotopic (exact) mass is 166 g/mol. The van der Waals surface area contributed by atoms with E-state index in [1.165, 1.54) is 6.92 Å². The van der Waals surface area contributed by atoms with Crippen molar-refractivity contribution in [3.8, 4) is 5.75 Å². The predicted molar refractivity (Wildman–Crippen MR) is 42.9 cm³/mol. The van der Waals surface area contributed by atoms with Gasteiger partial charge in [-0.2, -0.15) is 0 Å². The van der Waals surface area contributed by atoms with Gasteiger partial charge in [-0.25, -0.2) is 9.97 Å². The van der Waals surface area contributed by atoms with Crippen molar-refractivity contribution in [1.29, 1.82) is 0 Å². The van der Waals surface area contributed by atoms with Crippen LogP contribution >= 0.6 is 0 Å². The largest absolute Gasteiger partial charge is 0.483 e. The number of Topliss-reactive ketones (excluding diaryl/α,β-unsaturated/α-hetero) is 1. The van der Waals surface area contributed by atoms with E-state index in [2.05, 4.69) is 9.97 Å². The summed E-state index contributed by atoms with van der Waals surface area (Å²) in [6.07, 6.45) is 3.09. The molecule has 1 rings (SSSR count). The van der Waals surface area contributed by atoms with Crippen LogP contribution in [-0.4, -0.2) is 22.4 Å². The van der Waals surface area contributed by atoms with Crippen LogP contribution in [0.25, 0.3) is 0 Å². The summed E-state index contributed by atoms with van der Waals surface area (Å²) >= 11 is 0. The fourth-order valence-corrected chi connectivity index (χ4v) is 0.640. The standard InChI is InChI=1S/C8H10N2O2/c1-6(11)5-12-8-3-9-7(2)10-4-8/h3-4H,5H2,1-2H3. The zero-order valence-corrected chi connectivity index (χ0v) is 7.07. The first-order valence-electron chi connectivity index (χ1n) is 3.59. The molecule has 0 saturated carbocycles. The maximum Gasteiger partial charge on any atom is 0.167 e. The molecule has 0 fully saturated rings. The zero-order valence-electron chi connectivity index (χ0n) is 7.07. The van der Waals surface area contributed by atoms with Gasteiger partial charge in [0.25, 0.3) is 0 Å². The Labute approximate surface area is 70.6 Å². The van der Waals surface area contributed by atoms with E-state index in [4.69, 9.17) is 4.74 Å². The molecule has 0 aliphatic heterocycles. The third-order valence-corrected chi connectivity index (χ3v) is 1.20. The number of carbonyl (C=O) groups is 1. The van der Waals surface area contributed by atoms with Gasteiger partial charge in [-0.3, -0.25) is 4.79 Å². The van der Waals surface area contributed by atoms with E-state index < -0.39 is 0 Å². The lowest BCUT2D eigenvalue weighted by Gasteiger charge is -2.01. The molecule has 1 aromatic rings. The molecule has 1 heterocycles. The van der Waals surface area contributed by atoms with Gasteiger partial charge in [-0.05, 0) is 13.8 Å². The Morgan fingerprint density at radius 1 is 1.50 bits per heavy atom. The number of hydrogen-bond acceptors (Lipinski definition) is 4. The Morgan fingerprint density at radius 2 is 2.08 bits per heavy atom. The molecular formula is C8H10N2O2. The Kier molecular flexibility index (Phi) is 2.74. The molecule has 0 unspecified atom stereocenters. The molecule has 0 radical (unpaired) electrons. The number of aromatic nitrogens is 2. The Hall–Kier alpha value is -1.45. The normalized spacial score (nSPS) is 9.50. The molecule has 0 amide bonds. The maximum atomic E-state index is 10.5. The maximum absolute atomic E-state index is 10.5. The topological polar surface area (TPSA) is 52.1 Å². The van der Waals surface area contributed by atoms with Crippen LogP contribution in [-0.2, 0) is 4.79 Å². The lowest BCUT2D eigenvalue weighted by Crippen LogP contribution is -2.07. The van der Waals surface area contributed by atoms with Crippen molar-refractivity contribution >= 4 is 5.78 Å². The van der Waals surface area contributed by atoms with Crippen LogP contribution in [0.3, 0.4) is 0 Å². The van der Waals surface area contributed by atoms with Crippen LogP contribution in [0.1, 0.15) is 12.7 Å². The van der Waals surface area contributed by atoms with Gasteiger partial charge in [0.1, 0.15) is 12.4 Å². The molecular weight excluding hydrogens is 156 g/mol. The molecule has 12 heavy (non-hydrogen) atoms. The van der Waals surface area contributed by atoms with Crippen molar-refractivity contribution in [3.05, 3.63) is 18.2 Å². The second-order valence-electron chi connectivity index (χ2n) is 2.46. The minimum Gasteiger partial charge on any atom is -0.483 e. The van der Waals surface area contributed by atoms with Gasteiger partial charge in [0.15, 0.2) is 11.5 Å². The molecule has 0 bridgehead atoms. The van der Waals surface area contributed by atoms with Crippen LogP contribution < -0.4 is 4.74 Å². The molecule has 64 valence electrons. The number of nitrogens with zero attached hydrogens (tertiary/aromatic N) is 2. The Morgan fingerprint density at radius 3 is 2.58 bits per heavy atom. The minimum absolute atomic E-state index is 0.0180. The number of ketones is 1. The van der Waals surface area contributed by atoms with Crippen molar-refractivity contribution in [2.24, 2.45) is 0 Å². The highest BCUT2D eigenvalue weighted by atomic mass is 16.5. The molecule has 0 aliphatic carbocycles. The van der Waals surface area contributed by atoms with Crippen molar-refractivity contribution in [2.45, 2.75) is 13.8 Å². The number of aryl methyl sites for hydroxylation is 1. The molecule has 4 nitrogen and oxygen atoms in total. The van der Waals surface area contributed by atoms with Crippen molar-refractivity contribution < 1.29 is 9.53 Å². The highest BCUT2D eigenvalue weighted by Crippen LogP contribution is 2.04. The Bertz CT molecular complexity index is 269. The predicted octanol–water partition coefficient (Wildman–Crippen LogP) is 0.753. The van der Waals surface area contributed by atoms with E-state index >= 15 is 0 Å².